The van der Waals surface area contributed by atoms with Crippen molar-refractivity contribution < 1.29 is 9.47 Å². The van der Waals surface area contributed by atoms with Crippen LogP contribution in [0.25, 0.3) is 0 Å². The van der Waals surface area contributed by atoms with Crippen molar-refractivity contribution in [2.75, 3.05) is 0 Å². The lowest BCUT2D eigenvalue weighted by Gasteiger charge is -2.37. The summed E-state index contributed by atoms with van der Waals surface area (Å²) in [5, 5.41) is 0. The molecule has 0 N–H and O–H groups in total. The van der Waals surface area contributed by atoms with Crippen LogP contribution in [-0.2, 0) is 9.47 Å². The van der Waals surface area contributed by atoms with Crippen LogP contribution in [0.1, 0.15) is 36.2 Å². The first-order chi connectivity index (χ1) is 9.88. The van der Waals surface area contributed by atoms with Crippen LogP contribution in [0.2, 0.25) is 0 Å². The molecule has 2 bridgehead atoms. The number of hydrogen-bond acceptors (Lipinski definition) is 3. The summed E-state index contributed by atoms with van der Waals surface area (Å²) >= 11 is 2.01. The average molecular weight is 284 g/mol. The molecule has 3 saturated heterocycles. The maximum atomic E-state index is 6.57. The average Bonchev–Trinajstić information content (AvgIpc) is 2.90. The lowest BCUT2D eigenvalue weighted by atomic mass is 9.72. The van der Waals surface area contributed by atoms with Crippen molar-refractivity contribution in [1.82, 2.24) is 0 Å². The van der Waals surface area contributed by atoms with Gasteiger partial charge in [0.2, 0.25) is 0 Å². The summed E-state index contributed by atoms with van der Waals surface area (Å²) in [6.45, 7) is 0. The Bertz CT molecular complexity index is 603. The Balaban J connectivity index is 1.57. The standard InChI is InChI=1S/C17H16O2S/c1-2-4-8-7(3-1)13-9-10-12-16(19-14(8)10)20-15(18-13)11(9)17(12)5-6-17/h1-4,9-16H,5-6H2. The minimum Gasteiger partial charge on any atom is -0.359 e. The second-order valence-electron chi connectivity index (χ2n) is 7.55. The molecular formula is C17H16O2S. The second kappa shape index (κ2) is 2.86. The molecule has 2 saturated carbocycles. The van der Waals surface area contributed by atoms with Gasteiger partial charge in [0.05, 0.1) is 12.2 Å². The summed E-state index contributed by atoms with van der Waals surface area (Å²) in [5.74, 6) is 3.13. The fraction of sp³-hybridized carbons (Fsp3) is 0.647. The molecule has 0 amide bonds. The zero-order chi connectivity index (χ0) is 12.6. The zero-order valence-corrected chi connectivity index (χ0v) is 11.9. The Labute approximate surface area is 122 Å². The minimum absolute atomic E-state index is 0.361. The molecule has 1 aromatic carbocycles. The summed E-state index contributed by atoms with van der Waals surface area (Å²) in [5.41, 5.74) is 4.30. The molecular weight excluding hydrogens is 268 g/mol. The van der Waals surface area contributed by atoms with Gasteiger partial charge < -0.3 is 9.47 Å². The van der Waals surface area contributed by atoms with Crippen molar-refractivity contribution in [3.8, 4) is 0 Å². The van der Waals surface area contributed by atoms with Crippen molar-refractivity contribution in [3.05, 3.63) is 35.4 Å². The normalized spacial score (nSPS) is 57.4. The predicted octanol–water partition coefficient (Wildman–Crippen LogP) is 3.50. The number of hydrogen-bond donors (Lipinski definition) is 0. The molecule has 8 unspecified atom stereocenters. The van der Waals surface area contributed by atoms with Gasteiger partial charge in [-0.15, -0.1) is 0 Å². The van der Waals surface area contributed by atoms with Crippen LogP contribution < -0.4 is 0 Å². The van der Waals surface area contributed by atoms with Crippen LogP contribution in [0, 0.1) is 29.1 Å². The topological polar surface area (TPSA) is 18.5 Å². The number of fused-ring (bicyclic) bond motifs is 3. The van der Waals surface area contributed by atoms with Crippen molar-refractivity contribution in [3.63, 3.8) is 0 Å². The van der Waals surface area contributed by atoms with Crippen molar-refractivity contribution in [1.29, 1.82) is 0 Å². The van der Waals surface area contributed by atoms with E-state index in [-0.39, 0.29) is 0 Å². The van der Waals surface area contributed by atoms with Crippen molar-refractivity contribution >= 4 is 11.8 Å². The Kier molecular flexibility index (Phi) is 1.47. The Morgan fingerprint density at radius 3 is 1.95 bits per heavy atom. The van der Waals surface area contributed by atoms with Gasteiger partial charge in [-0.2, -0.15) is 0 Å². The quantitative estimate of drug-likeness (QED) is 0.726. The van der Waals surface area contributed by atoms with E-state index in [1.54, 1.807) is 0 Å². The van der Waals surface area contributed by atoms with E-state index < -0.39 is 0 Å². The molecule has 20 heavy (non-hydrogen) atoms. The Morgan fingerprint density at radius 2 is 1.45 bits per heavy atom. The molecule has 102 valence electrons. The van der Waals surface area contributed by atoms with Gasteiger partial charge in [-0.1, -0.05) is 36.0 Å². The molecule has 3 aliphatic heterocycles. The van der Waals surface area contributed by atoms with E-state index in [1.807, 2.05) is 11.8 Å². The molecule has 2 nitrogen and oxygen atoms in total. The molecule has 3 aliphatic carbocycles. The highest BCUT2D eigenvalue weighted by Gasteiger charge is 2.80. The van der Waals surface area contributed by atoms with Gasteiger partial charge in [-0.3, -0.25) is 0 Å². The van der Waals surface area contributed by atoms with E-state index in [0.717, 1.165) is 23.7 Å². The lowest BCUT2D eigenvalue weighted by Crippen LogP contribution is -2.36. The van der Waals surface area contributed by atoms with Gasteiger partial charge in [0.25, 0.3) is 0 Å². The monoisotopic (exact) mass is 284 g/mol. The highest BCUT2D eigenvalue weighted by Crippen LogP contribution is 2.84. The van der Waals surface area contributed by atoms with Crippen LogP contribution in [0.5, 0.6) is 0 Å². The SMILES string of the molecule is c1ccc2c(c1)C1OC3SC4OC2C2C1C3C1(CC1)C42. The van der Waals surface area contributed by atoms with Crippen LogP contribution in [0.15, 0.2) is 24.3 Å². The first kappa shape index (κ1) is 10.3. The molecule has 5 fully saturated rings. The van der Waals surface area contributed by atoms with Gasteiger partial charge in [-0.05, 0) is 29.4 Å². The predicted molar refractivity (Wildman–Crippen MR) is 74.9 cm³/mol. The summed E-state index contributed by atoms with van der Waals surface area (Å²) < 4.78 is 13.1. The van der Waals surface area contributed by atoms with Gasteiger partial charge >= 0.3 is 0 Å². The highest BCUT2D eigenvalue weighted by molar-refractivity contribution is 8.00. The number of rotatable bonds is 0. The molecule has 1 aromatic rings. The molecule has 0 aromatic heterocycles. The molecule has 1 spiro atoms. The van der Waals surface area contributed by atoms with Gasteiger partial charge in [-0.25, -0.2) is 0 Å². The van der Waals surface area contributed by atoms with E-state index in [9.17, 15) is 0 Å². The summed E-state index contributed by atoms with van der Waals surface area (Å²) in [6, 6.07) is 8.91. The van der Waals surface area contributed by atoms with Crippen molar-refractivity contribution in [2.24, 2.45) is 29.1 Å². The molecule has 6 aliphatic rings. The minimum atomic E-state index is 0.361. The Morgan fingerprint density at radius 1 is 0.900 bits per heavy atom. The van der Waals surface area contributed by atoms with E-state index in [0.29, 0.717) is 28.5 Å². The maximum absolute atomic E-state index is 6.57. The third-order valence-corrected chi connectivity index (χ3v) is 8.50. The maximum Gasteiger partial charge on any atom is 0.110 e. The molecule has 8 atom stereocenters. The van der Waals surface area contributed by atoms with E-state index in [1.165, 1.54) is 24.0 Å². The summed E-state index contributed by atoms with van der Waals surface area (Å²) in [4.78, 5) is 0. The third kappa shape index (κ3) is 0.835. The fourth-order valence-corrected chi connectivity index (χ4v) is 8.44. The molecule has 0 radical (unpaired) electrons. The molecule has 3 heteroatoms. The number of thioether (sulfide) groups is 1. The summed E-state index contributed by atoms with van der Waals surface area (Å²) in [6.07, 6.45) is 3.59. The zero-order valence-electron chi connectivity index (χ0n) is 11.1. The summed E-state index contributed by atoms with van der Waals surface area (Å²) in [7, 11) is 0. The second-order valence-corrected chi connectivity index (χ2v) is 8.76. The highest BCUT2D eigenvalue weighted by atomic mass is 32.2. The number of ether oxygens (including phenoxy) is 2. The smallest absolute Gasteiger partial charge is 0.110 e. The third-order valence-electron chi connectivity index (χ3n) is 7.15. The largest absolute Gasteiger partial charge is 0.359 e. The molecule has 7 rings (SSSR count). The van der Waals surface area contributed by atoms with Crippen molar-refractivity contribution in [2.45, 2.75) is 35.9 Å². The fourth-order valence-electron chi connectivity index (χ4n) is 6.56. The van der Waals surface area contributed by atoms with Gasteiger partial charge in [0.1, 0.15) is 10.9 Å². The number of benzene rings is 1. The first-order valence-electron chi connectivity index (χ1n) is 7.94. The molecule has 3 heterocycles. The first-order valence-corrected chi connectivity index (χ1v) is 8.88. The van der Waals surface area contributed by atoms with E-state index in [4.69, 9.17) is 9.47 Å². The van der Waals surface area contributed by atoms with Crippen LogP contribution in [0.3, 0.4) is 0 Å². The van der Waals surface area contributed by atoms with Crippen LogP contribution >= 0.6 is 11.8 Å². The van der Waals surface area contributed by atoms with Gasteiger partial charge in [0, 0.05) is 23.7 Å². The van der Waals surface area contributed by atoms with E-state index in [2.05, 4.69) is 24.3 Å². The van der Waals surface area contributed by atoms with Crippen LogP contribution in [-0.4, -0.2) is 10.9 Å². The lowest BCUT2D eigenvalue weighted by molar-refractivity contribution is 0.0165. The Hall–Kier alpha value is -0.510. The van der Waals surface area contributed by atoms with Gasteiger partial charge in [0.15, 0.2) is 0 Å². The van der Waals surface area contributed by atoms with Crippen LogP contribution in [0.4, 0.5) is 0 Å². The van der Waals surface area contributed by atoms with E-state index >= 15 is 0 Å².